The third-order valence-corrected chi connectivity index (χ3v) is 6.02. The average molecular weight is 428 g/mol. The number of rotatable bonds is 5. The highest BCUT2D eigenvalue weighted by Crippen LogP contribution is 2.26. The van der Waals surface area contributed by atoms with E-state index in [2.05, 4.69) is 15.2 Å². The maximum Gasteiger partial charge on any atom is 0.261 e. The van der Waals surface area contributed by atoms with Crippen LogP contribution in [0.15, 0.2) is 59.6 Å². The summed E-state index contributed by atoms with van der Waals surface area (Å²) in [6.07, 6.45) is 0. The first-order valence-corrected chi connectivity index (χ1v) is 10.4. The van der Waals surface area contributed by atoms with E-state index in [-0.39, 0.29) is 11.7 Å². The van der Waals surface area contributed by atoms with E-state index in [4.69, 9.17) is 11.6 Å². The van der Waals surface area contributed by atoms with Gasteiger partial charge in [0.25, 0.3) is 5.91 Å². The van der Waals surface area contributed by atoms with Crippen LogP contribution in [0.2, 0.25) is 4.34 Å². The number of hydrogen-bond acceptors (Lipinski definition) is 4. The number of nitrogens with zero attached hydrogens (tertiary/aromatic N) is 2. The molecule has 0 radical (unpaired) electrons. The van der Waals surface area contributed by atoms with Crippen LogP contribution in [-0.4, -0.2) is 36.8 Å². The molecule has 4 nitrogen and oxygen atoms in total. The summed E-state index contributed by atoms with van der Waals surface area (Å²) in [5.41, 5.74) is 3.13. The highest BCUT2D eigenvalue weighted by molar-refractivity contribution is 7.17. The van der Waals surface area contributed by atoms with Gasteiger partial charge in [-0.3, -0.25) is 9.79 Å². The Balaban J connectivity index is 1.50. The lowest BCUT2D eigenvalue weighted by Crippen LogP contribution is -2.23. The lowest BCUT2D eigenvalue weighted by atomic mass is 10.0. The van der Waals surface area contributed by atoms with Gasteiger partial charge < -0.3 is 10.2 Å². The number of nitrogens with one attached hydrogen (secondary N) is 1. The molecule has 0 saturated carbocycles. The van der Waals surface area contributed by atoms with Crippen LogP contribution in [0.1, 0.15) is 20.8 Å². The lowest BCUT2D eigenvalue weighted by molar-refractivity contribution is 0.0955. The van der Waals surface area contributed by atoms with Gasteiger partial charge in [-0.1, -0.05) is 41.9 Å². The van der Waals surface area contributed by atoms with Crippen LogP contribution in [0.25, 0.3) is 11.1 Å². The molecule has 0 aliphatic carbocycles. The predicted molar refractivity (Wildman–Crippen MR) is 116 cm³/mol. The van der Waals surface area contributed by atoms with Crippen molar-refractivity contribution in [2.45, 2.75) is 6.54 Å². The first-order chi connectivity index (χ1) is 14.0. The number of carbonyl (C=O) groups is 1. The quantitative estimate of drug-likeness (QED) is 0.633. The van der Waals surface area contributed by atoms with Gasteiger partial charge in [0.1, 0.15) is 11.7 Å². The smallest absolute Gasteiger partial charge is 0.261 e. The number of likely N-dealkylation sites (N-methyl/N-ethyl adjacent to an activating group) is 1. The van der Waals surface area contributed by atoms with Gasteiger partial charge in [0.2, 0.25) is 0 Å². The van der Waals surface area contributed by atoms with E-state index >= 15 is 0 Å². The van der Waals surface area contributed by atoms with Gasteiger partial charge in [-0.15, -0.1) is 11.3 Å². The Labute approximate surface area is 177 Å². The maximum absolute atomic E-state index is 14.5. The molecule has 29 heavy (non-hydrogen) atoms. The first kappa shape index (κ1) is 19.6. The molecule has 0 atom stereocenters. The molecule has 1 N–H and O–H groups in total. The van der Waals surface area contributed by atoms with Crippen molar-refractivity contribution in [2.75, 3.05) is 20.1 Å². The number of aliphatic imine (C=N–C) groups is 1. The predicted octanol–water partition coefficient (Wildman–Crippen LogP) is 4.83. The van der Waals surface area contributed by atoms with Crippen molar-refractivity contribution in [1.29, 1.82) is 0 Å². The van der Waals surface area contributed by atoms with Crippen LogP contribution in [0.4, 0.5) is 4.39 Å². The van der Waals surface area contributed by atoms with E-state index < -0.39 is 0 Å². The number of amides is 1. The summed E-state index contributed by atoms with van der Waals surface area (Å²) in [4.78, 5) is 19.4. The minimum absolute atomic E-state index is 0.196. The van der Waals surface area contributed by atoms with Crippen molar-refractivity contribution in [2.24, 2.45) is 4.99 Å². The van der Waals surface area contributed by atoms with Gasteiger partial charge in [-0.25, -0.2) is 4.39 Å². The molecule has 1 aliphatic rings. The fourth-order valence-electron chi connectivity index (χ4n) is 3.25. The Hall–Kier alpha value is -2.70. The molecule has 1 amide bonds. The molecule has 1 aromatic heterocycles. The van der Waals surface area contributed by atoms with Crippen LogP contribution in [0.5, 0.6) is 0 Å². The average Bonchev–Trinajstić information content (AvgIpc) is 3.35. The van der Waals surface area contributed by atoms with Crippen molar-refractivity contribution in [3.05, 3.63) is 80.8 Å². The van der Waals surface area contributed by atoms with Gasteiger partial charge in [-0.2, -0.15) is 0 Å². The van der Waals surface area contributed by atoms with Crippen molar-refractivity contribution in [1.82, 2.24) is 10.2 Å². The zero-order valence-corrected chi connectivity index (χ0v) is 17.4. The molecule has 7 heteroatoms. The Morgan fingerprint density at radius 3 is 2.59 bits per heavy atom. The van der Waals surface area contributed by atoms with Crippen molar-refractivity contribution < 1.29 is 9.18 Å². The lowest BCUT2D eigenvalue weighted by Gasteiger charge is -2.14. The second-order valence-corrected chi connectivity index (χ2v) is 8.52. The molecule has 2 aromatic carbocycles. The van der Waals surface area contributed by atoms with Gasteiger partial charge in [0.05, 0.1) is 15.8 Å². The molecule has 3 aromatic rings. The molecule has 148 valence electrons. The van der Waals surface area contributed by atoms with Crippen molar-refractivity contribution in [3.63, 3.8) is 0 Å². The molecule has 0 spiro atoms. The Morgan fingerprint density at radius 1 is 1.17 bits per heavy atom. The fraction of sp³-hybridized carbons (Fsp3) is 0.182. The van der Waals surface area contributed by atoms with E-state index in [1.54, 1.807) is 24.3 Å². The van der Waals surface area contributed by atoms with Gasteiger partial charge in [0, 0.05) is 31.3 Å². The standard InChI is InChI=1S/C22H19ClFN3OS/c1-27-11-10-25-21(27)16-5-3-15(4-6-16)17-12-14(2-7-18(17)24)13-26-22(28)19-8-9-20(23)29-19/h2-9,12H,10-11,13H2,1H3,(H,26,28). The fourth-order valence-corrected chi connectivity index (χ4v) is 4.21. The Kier molecular flexibility index (Phi) is 5.65. The molecule has 1 aliphatic heterocycles. The summed E-state index contributed by atoms with van der Waals surface area (Å²) in [7, 11) is 2.02. The number of halogens is 2. The highest BCUT2D eigenvalue weighted by Gasteiger charge is 2.15. The van der Waals surface area contributed by atoms with E-state index in [0.29, 0.717) is 21.3 Å². The molecule has 0 unspecified atom stereocenters. The SMILES string of the molecule is CN1CCN=C1c1ccc(-c2cc(CNC(=O)c3ccc(Cl)s3)ccc2F)cc1. The topological polar surface area (TPSA) is 44.7 Å². The summed E-state index contributed by atoms with van der Waals surface area (Å²) in [6, 6.07) is 16.0. The highest BCUT2D eigenvalue weighted by atomic mass is 35.5. The summed E-state index contributed by atoms with van der Waals surface area (Å²) < 4.78 is 15.0. The van der Waals surface area contributed by atoms with E-state index in [1.807, 2.05) is 31.3 Å². The summed E-state index contributed by atoms with van der Waals surface area (Å²) in [5, 5.41) is 2.85. The minimum Gasteiger partial charge on any atom is -0.358 e. The van der Waals surface area contributed by atoms with Gasteiger partial charge >= 0.3 is 0 Å². The van der Waals surface area contributed by atoms with E-state index in [9.17, 15) is 9.18 Å². The van der Waals surface area contributed by atoms with Crippen molar-refractivity contribution in [3.8, 4) is 11.1 Å². The third kappa shape index (κ3) is 4.33. The van der Waals surface area contributed by atoms with E-state index in [1.165, 1.54) is 17.4 Å². The monoisotopic (exact) mass is 427 g/mol. The van der Waals surface area contributed by atoms with Gasteiger partial charge in [0.15, 0.2) is 0 Å². The number of thiophene rings is 1. The van der Waals surface area contributed by atoms with Crippen molar-refractivity contribution >= 4 is 34.7 Å². The number of amidine groups is 1. The van der Waals surface area contributed by atoms with Gasteiger partial charge in [-0.05, 0) is 35.4 Å². The van der Waals surface area contributed by atoms with Crippen LogP contribution >= 0.6 is 22.9 Å². The summed E-state index contributed by atoms with van der Waals surface area (Å²) >= 11 is 7.10. The van der Waals surface area contributed by atoms with Crippen LogP contribution < -0.4 is 5.32 Å². The van der Waals surface area contributed by atoms with Crippen LogP contribution in [0.3, 0.4) is 0 Å². The van der Waals surface area contributed by atoms with Crippen LogP contribution in [0, 0.1) is 5.82 Å². The molecule has 0 bridgehead atoms. The largest absolute Gasteiger partial charge is 0.358 e. The molecule has 4 rings (SSSR count). The summed E-state index contributed by atoms with van der Waals surface area (Å²) in [6.45, 7) is 2.02. The molecule has 0 saturated heterocycles. The van der Waals surface area contributed by atoms with E-state index in [0.717, 1.165) is 35.6 Å². The summed E-state index contributed by atoms with van der Waals surface area (Å²) in [5.74, 6) is 0.467. The molecule has 2 heterocycles. The molecular formula is C22H19ClFN3OS. The number of carbonyl (C=O) groups excluding carboxylic acids is 1. The third-order valence-electron chi connectivity index (χ3n) is 4.79. The van der Waals surface area contributed by atoms with Crippen LogP contribution in [-0.2, 0) is 6.54 Å². The zero-order chi connectivity index (χ0) is 20.4. The first-order valence-electron chi connectivity index (χ1n) is 9.19. The second kappa shape index (κ2) is 8.35. The number of benzene rings is 2. The minimum atomic E-state index is -0.298. The Bertz CT molecular complexity index is 1080. The zero-order valence-electron chi connectivity index (χ0n) is 15.8. The molecule has 0 fully saturated rings. The Morgan fingerprint density at radius 2 is 1.93 bits per heavy atom. The number of hydrogen-bond donors (Lipinski definition) is 1. The maximum atomic E-state index is 14.5. The second-order valence-electron chi connectivity index (χ2n) is 6.80. The normalized spacial score (nSPS) is 13.5. The molecular weight excluding hydrogens is 409 g/mol.